The number of halogens is 11. The van der Waals surface area contributed by atoms with Gasteiger partial charge in [-0.25, -0.2) is 48.9 Å². The second-order valence-corrected chi connectivity index (χ2v) is 12.3. The van der Waals surface area contributed by atoms with Crippen molar-refractivity contribution in [2.24, 2.45) is 0 Å². The van der Waals surface area contributed by atoms with Crippen LogP contribution in [-0.2, 0) is 0 Å². The molecule has 0 saturated carbocycles. The Balaban J connectivity index is 0.00000435. The third kappa shape index (κ3) is 5.73. The smallest absolute Gasteiger partial charge is 0.658 e. The average molecular weight is 991 g/mol. The summed E-state index contributed by atoms with van der Waals surface area (Å²) in [5, 5.41) is 0. The van der Waals surface area contributed by atoms with Crippen molar-refractivity contribution in [3.63, 3.8) is 0 Å². The van der Waals surface area contributed by atoms with Crippen molar-refractivity contribution >= 4 is 87.4 Å². The van der Waals surface area contributed by atoms with Gasteiger partial charge in [0.15, 0.2) is 46.5 Å². The van der Waals surface area contributed by atoms with E-state index >= 15 is 17.6 Å². The van der Waals surface area contributed by atoms with Gasteiger partial charge < -0.3 is 15.0 Å². The monoisotopic (exact) mass is 990 g/mol. The van der Waals surface area contributed by atoms with Crippen molar-refractivity contribution in [1.82, 2.24) is 19.9 Å². The molecule has 7 aromatic rings. The van der Waals surface area contributed by atoms with E-state index < -0.39 is 80.4 Å². The molecule has 0 aliphatic carbocycles. The molecule has 4 nitrogen and oxygen atoms in total. The maximum Gasteiger partial charge on any atom is 3.00 e. The van der Waals surface area contributed by atoms with Crippen molar-refractivity contribution in [3.8, 4) is 33.4 Å². The Kier molecular flexibility index (Phi) is 9.26. The first-order valence-corrected chi connectivity index (χ1v) is 15.6. The number of nitrogens with zero attached hydrogens (tertiary/aromatic N) is 4. The molecule has 16 heteroatoms. The van der Waals surface area contributed by atoms with Crippen LogP contribution in [0.15, 0.2) is 65.1 Å². The third-order valence-corrected chi connectivity index (χ3v) is 8.94. The Bertz CT molecular complexity index is 2770. The van der Waals surface area contributed by atoms with E-state index in [1.165, 1.54) is 48.6 Å². The average Bonchev–Trinajstić information content (AvgIpc) is 3.97. The van der Waals surface area contributed by atoms with Crippen LogP contribution in [0.5, 0.6) is 0 Å². The molecule has 0 amide bonds. The summed E-state index contributed by atoms with van der Waals surface area (Å²) in [6.45, 7) is 0. The Hall–Kier alpha value is -4.95. The summed E-state index contributed by atoms with van der Waals surface area (Å²) in [5.41, 5.74) is -4.30. The predicted molar refractivity (Wildman–Crippen MR) is 181 cm³/mol. The van der Waals surface area contributed by atoms with Gasteiger partial charge in [-0.3, -0.25) is 0 Å². The second-order valence-electron chi connectivity index (χ2n) is 11.4. The normalized spacial score (nSPS) is 11.8. The first-order valence-electron chi connectivity index (χ1n) is 14.8. The first-order chi connectivity index (χ1) is 24.8. The van der Waals surface area contributed by atoms with Crippen LogP contribution in [0.3, 0.4) is 0 Å². The van der Waals surface area contributed by atoms with Crippen LogP contribution in [0, 0.1) is 58.2 Å². The van der Waals surface area contributed by atoms with Crippen LogP contribution in [0.25, 0.3) is 78.6 Å². The van der Waals surface area contributed by atoms with Gasteiger partial charge in [0.1, 0.15) is 0 Å². The summed E-state index contributed by atoms with van der Waals surface area (Å²) in [4.78, 5) is 17.7. The van der Waals surface area contributed by atoms with E-state index in [0.29, 0.717) is 10.0 Å². The first kappa shape index (κ1) is 36.4. The number of aromatic nitrogens is 4. The predicted octanol–water partition coefficient (Wildman–Crippen LogP) is 10.4. The number of hydrogen-bond donors (Lipinski definition) is 0. The molecule has 2 radical (unpaired) electrons. The molecule has 0 atom stereocenters. The summed E-state index contributed by atoms with van der Waals surface area (Å²) < 4.78 is 149. The maximum absolute atomic E-state index is 15.4. The molecule has 0 saturated heterocycles. The van der Waals surface area contributed by atoms with Crippen molar-refractivity contribution in [1.29, 1.82) is 0 Å². The van der Waals surface area contributed by atoms with Crippen molar-refractivity contribution in [2.75, 3.05) is 0 Å². The van der Waals surface area contributed by atoms with Crippen LogP contribution in [-0.4, -0.2) is 31.2 Å². The van der Waals surface area contributed by atoms with Crippen LogP contribution in [0.4, 0.5) is 43.9 Å². The van der Waals surface area contributed by atoms with Crippen LogP contribution >= 0.6 is 15.9 Å². The Morgan fingerprint density at radius 3 is 1.13 bits per heavy atom. The largest absolute Gasteiger partial charge is 3.00 e. The van der Waals surface area contributed by atoms with Gasteiger partial charge in [0.2, 0.25) is 11.6 Å². The summed E-state index contributed by atoms with van der Waals surface area (Å²) in [6.07, 6.45) is 2.64. The molecule has 8 rings (SSSR count). The van der Waals surface area contributed by atoms with Gasteiger partial charge in [-0.15, -0.1) is 22.1 Å². The molecule has 4 aromatic heterocycles. The van der Waals surface area contributed by atoms with E-state index in [0.717, 1.165) is 0 Å². The fourth-order valence-corrected chi connectivity index (χ4v) is 6.30. The Morgan fingerprint density at radius 1 is 0.358 bits per heavy atom. The molecule has 0 unspecified atom stereocenters. The van der Waals surface area contributed by atoms with Gasteiger partial charge >= 0.3 is 26.2 Å². The zero-order valence-electron chi connectivity index (χ0n) is 25.8. The molecular formula is C37H12BiBrF10N4. The van der Waals surface area contributed by atoms with Crippen LogP contribution in [0.1, 0.15) is 11.4 Å². The van der Waals surface area contributed by atoms with Crippen LogP contribution in [0.2, 0.25) is 0 Å². The standard InChI is InChI=1S/C37H12BrF10N4.Bi/c38-14-3-1-13(2-4-14)23-17-9-11-21(51-17)24(26-28(39)32(43)36(47)33(44)29(26)40)19-7-5-15(49-19)16-6-8-20(50-16)25(22-12-10-18(23)52-22)27-30(41)34(45)37(48)35(46)31(27)42;/h1-12H;/q-3;+3. The minimum atomic E-state index is -2.37. The molecule has 5 heterocycles. The molecule has 0 spiro atoms. The molecular weight excluding hydrogens is 979 g/mol. The summed E-state index contributed by atoms with van der Waals surface area (Å²) in [5.74, 6) is -22.1. The van der Waals surface area contributed by atoms with Crippen molar-refractivity contribution in [2.45, 2.75) is 0 Å². The van der Waals surface area contributed by atoms with E-state index in [1.54, 1.807) is 24.3 Å². The molecule has 1 aliphatic heterocycles. The molecule has 1 aliphatic rings. The fraction of sp³-hybridized carbons (Fsp3) is 0. The van der Waals surface area contributed by atoms with Gasteiger partial charge in [-0.05, 0) is 46.5 Å². The van der Waals surface area contributed by atoms with Crippen LogP contribution < -0.4 is 15.0 Å². The number of fused-ring (bicyclic) bond motifs is 9. The SMILES string of the molecule is Fc1c(F)c(F)c(-c2c3nc(c(-c4ccc(Br)cc4)c4ccc([n-]4)c(-c4c(F)c(F)c(F)c(F)c4F)c4ccc([n-]4)c4ccc2[n-]4)C=C3)c(F)c1F.[Bi+3]. The quantitative estimate of drug-likeness (QED) is 0.0766. The zero-order valence-corrected chi connectivity index (χ0v) is 30.9. The zero-order chi connectivity index (χ0) is 36.7. The molecule has 262 valence electrons. The Labute approximate surface area is 317 Å². The van der Waals surface area contributed by atoms with Gasteiger partial charge in [0.05, 0.1) is 22.5 Å². The van der Waals surface area contributed by atoms with E-state index in [2.05, 4.69) is 35.9 Å². The minimum absolute atomic E-state index is 0. The van der Waals surface area contributed by atoms with Crippen molar-refractivity contribution in [3.05, 3.63) is 135 Å². The van der Waals surface area contributed by atoms with E-state index in [4.69, 9.17) is 0 Å². The second kappa shape index (κ2) is 13.5. The fourth-order valence-electron chi connectivity index (χ4n) is 6.04. The number of hydrogen-bond acceptors (Lipinski definition) is 1. The molecule has 8 bridgehead atoms. The van der Waals surface area contributed by atoms with Gasteiger partial charge in [0.25, 0.3) is 0 Å². The Morgan fingerprint density at radius 2 is 0.679 bits per heavy atom. The maximum atomic E-state index is 15.4. The topological polar surface area (TPSA) is 55.2 Å². The van der Waals surface area contributed by atoms with E-state index in [-0.39, 0.29) is 76.3 Å². The number of rotatable bonds is 3. The van der Waals surface area contributed by atoms with Gasteiger partial charge in [0, 0.05) is 4.47 Å². The minimum Gasteiger partial charge on any atom is -0.658 e. The summed E-state index contributed by atoms with van der Waals surface area (Å²) in [7, 11) is 0. The van der Waals surface area contributed by atoms with Gasteiger partial charge in [-0.1, -0.05) is 64.5 Å². The van der Waals surface area contributed by atoms with E-state index in [9.17, 15) is 26.3 Å². The molecule has 0 N–H and O–H groups in total. The van der Waals surface area contributed by atoms with E-state index in [1.807, 2.05) is 0 Å². The molecule has 3 aromatic carbocycles. The summed E-state index contributed by atoms with van der Waals surface area (Å²) >= 11 is 3.33. The van der Waals surface area contributed by atoms with Gasteiger partial charge in [-0.2, -0.15) is 11.0 Å². The molecule has 0 fully saturated rings. The number of benzene rings is 3. The molecule has 53 heavy (non-hydrogen) atoms. The third-order valence-electron chi connectivity index (χ3n) is 8.41. The van der Waals surface area contributed by atoms with Crippen molar-refractivity contribution < 1.29 is 43.9 Å². The summed E-state index contributed by atoms with van der Waals surface area (Å²) in [6, 6.07) is 14.1.